The van der Waals surface area contributed by atoms with E-state index in [4.69, 9.17) is 16.3 Å². The maximum Gasteiger partial charge on any atom is 0.299 e. The summed E-state index contributed by atoms with van der Waals surface area (Å²) in [5, 5.41) is 0.549. The molecule has 1 aromatic carbocycles. The van der Waals surface area contributed by atoms with Crippen molar-refractivity contribution < 1.29 is 9.53 Å². The smallest absolute Gasteiger partial charge is 0.299 e. The predicted octanol–water partition coefficient (Wildman–Crippen LogP) is 2.10. The summed E-state index contributed by atoms with van der Waals surface area (Å²) in [5.41, 5.74) is 0.697. The van der Waals surface area contributed by atoms with Crippen LogP contribution in [0.3, 0.4) is 0 Å². The van der Waals surface area contributed by atoms with Crippen LogP contribution >= 0.6 is 11.6 Å². The third kappa shape index (κ3) is 3.05. The Kier molecular flexibility index (Phi) is 4.20. The van der Waals surface area contributed by atoms with Gasteiger partial charge in [0.05, 0.1) is 13.7 Å². The lowest BCUT2D eigenvalue weighted by atomic mass is 10.1. The minimum atomic E-state index is -0.323. The molecule has 0 unspecified atom stereocenters. The van der Waals surface area contributed by atoms with Crippen LogP contribution in [-0.2, 0) is 6.54 Å². The summed E-state index contributed by atoms with van der Waals surface area (Å²) in [6.45, 7) is 1.56. The Labute approximate surface area is 120 Å². The largest absolute Gasteiger partial charge is 0.468 e. The van der Waals surface area contributed by atoms with Crippen LogP contribution < -0.4 is 10.3 Å². The molecule has 0 atom stereocenters. The van der Waals surface area contributed by atoms with Crippen LogP contribution in [0, 0.1) is 6.92 Å². The zero-order chi connectivity index (χ0) is 14.7. The summed E-state index contributed by atoms with van der Waals surface area (Å²) >= 11 is 5.77. The van der Waals surface area contributed by atoms with E-state index in [1.54, 1.807) is 31.2 Å². The van der Waals surface area contributed by atoms with Gasteiger partial charge in [-0.1, -0.05) is 11.6 Å². The van der Waals surface area contributed by atoms with Crippen LogP contribution in [0.1, 0.15) is 16.1 Å². The molecule has 0 aliphatic carbocycles. The average molecular weight is 293 g/mol. The number of methoxy groups -OCH3 is 1. The number of ketones is 1. The average Bonchev–Trinajstić information content (AvgIpc) is 2.42. The fourth-order valence-electron chi connectivity index (χ4n) is 1.77. The van der Waals surface area contributed by atoms with Crippen molar-refractivity contribution in [1.29, 1.82) is 0 Å². The van der Waals surface area contributed by atoms with Crippen molar-refractivity contribution in [2.75, 3.05) is 7.11 Å². The number of hydrogen-bond donors (Lipinski definition) is 0. The minimum Gasteiger partial charge on any atom is -0.468 e. The highest BCUT2D eigenvalue weighted by Crippen LogP contribution is 2.12. The normalized spacial score (nSPS) is 10.3. The molecule has 20 heavy (non-hydrogen) atoms. The van der Waals surface area contributed by atoms with E-state index in [2.05, 4.69) is 4.98 Å². The number of hydrogen-bond acceptors (Lipinski definition) is 4. The first-order valence-electron chi connectivity index (χ1n) is 5.92. The highest BCUT2D eigenvalue weighted by Gasteiger charge is 2.13. The number of aromatic nitrogens is 2. The zero-order valence-corrected chi connectivity index (χ0v) is 11.8. The Morgan fingerprint density at radius 1 is 1.35 bits per heavy atom. The van der Waals surface area contributed by atoms with Crippen molar-refractivity contribution in [1.82, 2.24) is 9.55 Å². The lowest BCUT2D eigenvalue weighted by molar-refractivity contribution is 0.0966. The van der Waals surface area contributed by atoms with Gasteiger partial charge < -0.3 is 4.74 Å². The molecule has 6 heteroatoms. The number of halogens is 1. The minimum absolute atomic E-state index is 0.123. The lowest BCUT2D eigenvalue weighted by Gasteiger charge is -2.10. The molecular weight excluding hydrogens is 280 g/mol. The van der Waals surface area contributed by atoms with Gasteiger partial charge in [0.1, 0.15) is 0 Å². The van der Waals surface area contributed by atoms with Crippen molar-refractivity contribution in [2.24, 2.45) is 0 Å². The predicted molar refractivity (Wildman–Crippen MR) is 75.6 cm³/mol. The van der Waals surface area contributed by atoms with Gasteiger partial charge in [0.25, 0.3) is 11.6 Å². The number of benzene rings is 1. The molecule has 1 aromatic heterocycles. The van der Waals surface area contributed by atoms with E-state index in [1.165, 1.54) is 17.7 Å². The molecule has 1 heterocycles. The van der Waals surface area contributed by atoms with Crippen LogP contribution in [0.5, 0.6) is 6.01 Å². The van der Waals surface area contributed by atoms with Gasteiger partial charge in [0.2, 0.25) is 0 Å². The van der Waals surface area contributed by atoms with Gasteiger partial charge >= 0.3 is 0 Å². The van der Waals surface area contributed by atoms with Crippen molar-refractivity contribution in [3.63, 3.8) is 0 Å². The number of nitrogens with zero attached hydrogens (tertiary/aromatic N) is 2. The molecule has 0 saturated heterocycles. The first-order chi connectivity index (χ1) is 9.51. The molecule has 104 valence electrons. The summed E-state index contributed by atoms with van der Waals surface area (Å²) in [6, 6.07) is 7.97. The summed E-state index contributed by atoms with van der Waals surface area (Å²) in [6.07, 6.45) is 0. The second-order valence-electron chi connectivity index (χ2n) is 4.24. The molecule has 0 aliphatic heterocycles. The Bertz CT molecular complexity index is 693. The van der Waals surface area contributed by atoms with Gasteiger partial charge in [-0.2, -0.15) is 0 Å². The van der Waals surface area contributed by atoms with Crippen LogP contribution in [0.2, 0.25) is 5.02 Å². The molecule has 0 amide bonds. The maximum atomic E-state index is 12.1. The monoisotopic (exact) mass is 292 g/mol. The molecule has 5 nitrogen and oxygen atoms in total. The number of carbonyl (C=O) groups excluding carboxylic acids is 1. The van der Waals surface area contributed by atoms with E-state index in [1.807, 2.05) is 0 Å². The second kappa shape index (κ2) is 5.88. The van der Waals surface area contributed by atoms with Gasteiger partial charge in [-0.3, -0.25) is 14.2 Å². The molecule has 0 fully saturated rings. The Morgan fingerprint density at radius 3 is 2.60 bits per heavy atom. The van der Waals surface area contributed by atoms with Crippen molar-refractivity contribution in [3.05, 3.63) is 57.0 Å². The topological polar surface area (TPSA) is 61.2 Å². The van der Waals surface area contributed by atoms with Crippen molar-refractivity contribution in [3.8, 4) is 6.01 Å². The highest BCUT2D eigenvalue weighted by molar-refractivity contribution is 6.30. The third-order valence-corrected chi connectivity index (χ3v) is 3.00. The number of Topliss-reactive ketones (excluding diaryl/α,β-unsaturated/α-hetero) is 1. The molecule has 0 bridgehead atoms. The lowest BCUT2D eigenvalue weighted by Crippen LogP contribution is -2.26. The van der Waals surface area contributed by atoms with Crippen LogP contribution in [0.4, 0.5) is 0 Å². The van der Waals surface area contributed by atoms with Gasteiger partial charge in [-0.15, -0.1) is 0 Å². The van der Waals surface area contributed by atoms with Gasteiger partial charge in [0.15, 0.2) is 5.78 Å². The fourth-order valence-corrected chi connectivity index (χ4v) is 1.89. The zero-order valence-electron chi connectivity index (χ0n) is 11.1. The molecule has 2 aromatic rings. The third-order valence-electron chi connectivity index (χ3n) is 2.75. The standard InChI is InChI=1S/C14H13ClN2O3/c1-9-7-13(19)17(14(16-9)20-2)8-12(18)10-3-5-11(15)6-4-10/h3-7H,8H2,1-2H3. The van der Waals surface area contributed by atoms with E-state index >= 15 is 0 Å². The number of aryl methyl sites for hydroxylation is 1. The van der Waals surface area contributed by atoms with Crippen molar-refractivity contribution in [2.45, 2.75) is 13.5 Å². The Morgan fingerprint density at radius 2 is 2.00 bits per heavy atom. The number of carbonyl (C=O) groups is 1. The molecule has 0 radical (unpaired) electrons. The SMILES string of the molecule is COc1nc(C)cc(=O)n1CC(=O)c1ccc(Cl)cc1. The Balaban J connectivity index is 2.32. The van der Waals surface area contributed by atoms with Gasteiger partial charge in [0, 0.05) is 22.3 Å². The van der Waals surface area contributed by atoms with E-state index in [0.717, 1.165) is 0 Å². The van der Waals surface area contributed by atoms with Crippen molar-refractivity contribution >= 4 is 17.4 Å². The van der Waals surface area contributed by atoms with Crippen LogP contribution in [0.15, 0.2) is 35.1 Å². The first-order valence-corrected chi connectivity index (χ1v) is 6.30. The number of rotatable bonds is 4. The Hall–Kier alpha value is -2.14. The van der Waals surface area contributed by atoms with Gasteiger partial charge in [-0.05, 0) is 31.2 Å². The molecule has 0 saturated carbocycles. The van der Waals surface area contributed by atoms with Crippen LogP contribution in [-0.4, -0.2) is 22.4 Å². The van der Waals surface area contributed by atoms with E-state index in [0.29, 0.717) is 16.3 Å². The fraction of sp³-hybridized carbons (Fsp3) is 0.214. The maximum absolute atomic E-state index is 12.1. The number of ether oxygens (including phenoxy) is 1. The second-order valence-corrected chi connectivity index (χ2v) is 4.68. The summed E-state index contributed by atoms with van der Waals surface area (Å²) in [5.74, 6) is -0.215. The van der Waals surface area contributed by atoms with E-state index in [9.17, 15) is 9.59 Å². The molecular formula is C14H13ClN2O3. The molecule has 0 spiro atoms. The first kappa shape index (κ1) is 14.3. The highest BCUT2D eigenvalue weighted by atomic mass is 35.5. The van der Waals surface area contributed by atoms with Gasteiger partial charge in [-0.25, -0.2) is 4.98 Å². The molecule has 0 N–H and O–H groups in total. The summed E-state index contributed by atoms with van der Waals surface area (Å²) in [7, 11) is 1.41. The molecule has 0 aliphatic rings. The quantitative estimate of drug-likeness (QED) is 0.810. The van der Waals surface area contributed by atoms with E-state index < -0.39 is 0 Å². The van der Waals surface area contributed by atoms with E-state index in [-0.39, 0.29) is 23.9 Å². The molecule has 2 rings (SSSR count). The van der Waals surface area contributed by atoms with Crippen LogP contribution in [0.25, 0.3) is 0 Å². The summed E-state index contributed by atoms with van der Waals surface area (Å²) in [4.78, 5) is 28.1. The summed E-state index contributed by atoms with van der Waals surface area (Å²) < 4.78 is 6.24.